The number of nitrogens with one attached hydrogen (secondary N) is 2. The number of carbonyl (C=O) groups excluding carboxylic acids is 2. The van der Waals surface area contributed by atoms with Gasteiger partial charge in [0.15, 0.2) is 6.61 Å². The minimum absolute atomic E-state index is 0.166. The Bertz CT molecular complexity index is 775. The van der Waals surface area contributed by atoms with Crippen LogP contribution in [-0.4, -0.2) is 36.0 Å². The van der Waals surface area contributed by atoms with E-state index in [1.165, 1.54) is 0 Å². The second-order valence-corrected chi connectivity index (χ2v) is 6.74. The summed E-state index contributed by atoms with van der Waals surface area (Å²) in [6.45, 7) is 4.23. The minimum atomic E-state index is -0.548. The summed E-state index contributed by atoms with van der Waals surface area (Å²) in [7, 11) is 0. The summed E-state index contributed by atoms with van der Waals surface area (Å²) < 4.78 is 11.1. The van der Waals surface area contributed by atoms with Crippen LogP contribution in [0.3, 0.4) is 0 Å². The maximum atomic E-state index is 12.1. The first kappa shape index (κ1) is 17.7. The highest BCUT2D eigenvalue weighted by molar-refractivity contribution is 5.90. The Morgan fingerprint density at radius 2 is 1.96 bits per heavy atom. The molecular formula is C19H21N3O4. The van der Waals surface area contributed by atoms with E-state index in [0.717, 1.165) is 0 Å². The fourth-order valence-corrected chi connectivity index (χ4v) is 2.62. The standard InChI is InChI=1S/C19H21N3O4/c1-19(2)12-21-18(24)17(19)22-15(23)11-25-13-6-8-14(9-7-13)26-16-5-3-4-10-20-16/h3-10,17H,11-12H2,1-2H3,(H,21,24)(H,22,23). The molecule has 0 spiro atoms. The third-order valence-electron chi connectivity index (χ3n) is 4.12. The fourth-order valence-electron chi connectivity index (χ4n) is 2.62. The second kappa shape index (κ2) is 7.43. The molecule has 1 aliphatic heterocycles. The van der Waals surface area contributed by atoms with Gasteiger partial charge in [-0.2, -0.15) is 0 Å². The highest BCUT2D eigenvalue weighted by Crippen LogP contribution is 2.25. The molecule has 1 fully saturated rings. The summed E-state index contributed by atoms with van der Waals surface area (Å²) in [6, 6.07) is 11.7. The molecule has 1 aliphatic rings. The molecule has 136 valence electrons. The molecular weight excluding hydrogens is 334 g/mol. The molecule has 3 rings (SSSR count). The number of rotatable bonds is 6. The lowest BCUT2D eigenvalue weighted by molar-refractivity contribution is -0.129. The molecule has 2 aromatic rings. The van der Waals surface area contributed by atoms with Crippen LogP contribution in [0, 0.1) is 5.41 Å². The van der Waals surface area contributed by atoms with Gasteiger partial charge < -0.3 is 20.1 Å². The van der Waals surface area contributed by atoms with Gasteiger partial charge in [-0.05, 0) is 30.3 Å². The van der Waals surface area contributed by atoms with Crippen molar-refractivity contribution in [3.63, 3.8) is 0 Å². The van der Waals surface area contributed by atoms with Crippen LogP contribution in [0.15, 0.2) is 48.7 Å². The van der Waals surface area contributed by atoms with E-state index >= 15 is 0 Å². The van der Waals surface area contributed by atoms with Gasteiger partial charge in [0.05, 0.1) is 0 Å². The fraction of sp³-hybridized carbons (Fsp3) is 0.316. The number of nitrogens with zero attached hydrogens (tertiary/aromatic N) is 1. The van der Waals surface area contributed by atoms with Crippen LogP contribution in [-0.2, 0) is 9.59 Å². The SMILES string of the molecule is CC1(C)CNC(=O)C1NC(=O)COc1ccc(Oc2ccccn2)cc1. The molecule has 2 heterocycles. The average molecular weight is 355 g/mol. The summed E-state index contributed by atoms with van der Waals surface area (Å²) in [5, 5.41) is 5.48. The third-order valence-corrected chi connectivity index (χ3v) is 4.12. The lowest BCUT2D eigenvalue weighted by Crippen LogP contribution is -2.48. The number of benzene rings is 1. The Kier molecular flexibility index (Phi) is 5.06. The molecule has 2 N–H and O–H groups in total. The number of hydrogen-bond acceptors (Lipinski definition) is 5. The van der Waals surface area contributed by atoms with Crippen molar-refractivity contribution >= 4 is 11.8 Å². The van der Waals surface area contributed by atoms with Crippen LogP contribution in [0.5, 0.6) is 17.4 Å². The summed E-state index contributed by atoms with van der Waals surface area (Å²) in [4.78, 5) is 27.9. The topological polar surface area (TPSA) is 89.6 Å². The molecule has 0 bridgehead atoms. The Labute approximate surface area is 151 Å². The molecule has 1 unspecified atom stereocenters. The zero-order valence-electron chi connectivity index (χ0n) is 14.7. The first-order valence-corrected chi connectivity index (χ1v) is 8.33. The maximum Gasteiger partial charge on any atom is 0.258 e. The van der Waals surface area contributed by atoms with Gasteiger partial charge in [0.25, 0.3) is 5.91 Å². The Hall–Kier alpha value is -3.09. The van der Waals surface area contributed by atoms with Crippen molar-refractivity contribution in [2.24, 2.45) is 5.41 Å². The van der Waals surface area contributed by atoms with E-state index in [-0.39, 0.29) is 23.8 Å². The van der Waals surface area contributed by atoms with Gasteiger partial charge in [-0.15, -0.1) is 0 Å². The normalized spacial score (nSPS) is 18.1. The third kappa shape index (κ3) is 4.30. The molecule has 1 aromatic carbocycles. The molecule has 2 amide bonds. The summed E-state index contributed by atoms with van der Waals surface area (Å²) in [6.07, 6.45) is 1.65. The van der Waals surface area contributed by atoms with E-state index < -0.39 is 6.04 Å². The van der Waals surface area contributed by atoms with E-state index in [9.17, 15) is 9.59 Å². The van der Waals surface area contributed by atoms with Crippen molar-refractivity contribution in [3.05, 3.63) is 48.7 Å². The van der Waals surface area contributed by atoms with Gasteiger partial charge in [0, 0.05) is 24.2 Å². The molecule has 1 atom stereocenters. The Morgan fingerprint density at radius 1 is 1.23 bits per heavy atom. The van der Waals surface area contributed by atoms with E-state index in [1.807, 2.05) is 26.0 Å². The van der Waals surface area contributed by atoms with Crippen LogP contribution >= 0.6 is 0 Å². The van der Waals surface area contributed by atoms with Crippen molar-refractivity contribution < 1.29 is 19.1 Å². The smallest absolute Gasteiger partial charge is 0.258 e. The van der Waals surface area contributed by atoms with Crippen molar-refractivity contribution in [2.45, 2.75) is 19.9 Å². The number of pyridine rings is 1. The van der Waals surface area contributed by atoms with Gasteiger partial charge in [0.2, 0.25) is 11.8 Å². The van der Waals surface area contributed by atoms with Gasteiger partial charge in [-0.1, -0.05) is 19.9 Å². The molecule has 1 saturated heterocycles. The van der Waals surface area contributed by atoms with Crippen LogP contribution in [0.2, 0.25) is 0 Å². The van der Waals surface area contributed by atoms with Gasteiger partial charge >= 0.3 is 0 Å². The average Bonchev–Trinajstić information content (AvgIpc) is 2.89. The van der Waals surface area contributed by atoms with Crippen LogP contribution in [0.25, 0.3) is 0 Å². The van der Waals surface area contributed by atoms with E-state index in [0.29, 0.717) is 23.9 Å². The second-order valence-electron chi connectivity index (χ2n) is 6.74. The lowest BCUT2D eigenvalue weighted by atomic mass is 9.87. The number of carbonyl (C=O) groups is 2. The van der Waals surface area contributed by atoms with E-state index in [2.05, 4.69) is 15.6 Å². The summed E-state index contributed by atoms with van der Waals surface area (Å²) in [5.74, 6) is 1.14. The first-order valence-electron chi connectivity index (χ1n) is 8.33. The van der Waals surface area contributed by atoms with Gasteiger partial charge in [-0.25, -0.2) is 4.98 Å². The lowest BCUT2D eigenvalue weighted by Gasteiger charge is -2.24. The van der Waals surface area contributed by atoms with Crippen LogP contribution < -0.4 is 20.1 Å². The highest BCUT2D eigenvalue weighted by Gasteiger charge is 2.42. The maximum absolute atomic E-state index is 12.1. The predicted octanol–water partition coefficient (Wildman–Crippen LogP) is 1.89. The quantitative estimate of drug-likeness (QED) is 0.826. The van der Waals surface area contributed by atoms with Crippen LogP contribution in [0.1, 0.15) is 13.8 Å². The number of amides is 2. The van der Waals surface area contributed by atoms with Crippen LogP contribution in [0.4, 0.5) is 0 Å². The molecule has 7 nitrogen and oxygen atoms in total. The molecule has 0 aliphatic carbocycles. The summed E-state index contributed by atoms with van der Waals surface area (Å²) in [5.41, 5.74) is -0.322. The first-order chi connectivity index (χ1) is 12.4. The van der Waals surface area contributed by atoms with Gasteiger partial charge in [-0.3, -0.25) is 9.59 Å². The highest BCUT2D eigenvalue weighted by atomic mass is 16.5. The van der Waals surface area contributed by atoms with Crippen molar-refractivity contribution in [1.82, 2.24) is 15.6 Å². The van der Waals surface area contributed by atoms with Crippen molar-refractivity contribution in [3.8, 4) is 17.4 Å². The molecule has 0 radical (unpaired) electrons. The number of aromatic nitrogens is 1. The zero-order chi connectivity index (χ0) is 18.6. The molecule has 1 aromatic heterocycles. The van der Waals surface area contributed by atoms with Crippen molar-refractivity contribution in [1.29, 1.82) is 0 Å². The van der Waals surface area contributed by atoms with Gasteiger partial charge in [0.1, 0.15) is 17.5 Å². The Balaban J connectivity index is 1.50. The minimum Gasteiger partial charge on any atom is -0.484 e. The monoisotopic (exact) mass is 355 g/mol. The van der Waals surface area contributed by atoms with E-state index in [4.69, 9.17) is 9.47 Å². The van der Waals surface area contributed by atoms with E-state index in [1.54, 1.807) is 36.5 Å². The number of hydrogen-bond donors (Lipinski definition) is 2. The number of ether oxygens (including phenoxy) is 2. The molecule has 26 heavy (non-hydrogen) atoms. The molecule has 0 saturated carbocycles. The predicted molar refractivity (Wildman–Crippen MR) is 95.0 cm³/mol. The largest absolute Gasteiger partial charge is 0.484 e. The molecule has 7 heteroatoms. The Morgan fingerprint density at radius 3 is 2.58 bits per heavy atom. The zero-order valence-corrected chi connectivity index (χ0v) is 14.7. The van der Waals surface area contributed by atoms with Crippen molar-refractivity contribution in [2.75, 3.05) is 13.2 Å². The summed E-state index contributed by atoms with van der Waals surface area (Å²) >= 11 is 0.